The van der Waals surface area contributed by atoms with Crippen LogP contribution in [0.2, 0.25) is 0 Å². The standard InChI is InChI=1S/C27H29N3O4S2.2C2H6/c1-17(2)13-23-24(18-7-5-8-20(14-18)34-11-10-32-3)29-27(36-23)30-25-21(26(31)33-4)15-19(16-28-25)22-9-6-12-35-22;2*1-2/h5-9,12,14-17H,10-11,13H2,1-4H3,(H,28,29,30);2*1-2H3. The van der Waals surface area contributed by atoms with Gasteiger partial charge < -0.3 is 19.5 Å². The average Bonchev–Trinajstić information content (AvgIpc) is 3.66. The van der Waals surface area contributed by atoms with Crippen molar-refractivity contribution in [3.05, 3.63) is 64.5 Å². The fourth-order valence-electron chi connectivity index (χ4n) is 3.62. The molecule has 4 aromatic rings. The molecule has 1 aromatic carbocycles. The molecular weight excluding hydrogens is 542 g/mol. The van der Waals surface area contributed by atoms with Crippen LogP contribution >= 0.6 is 22.7 Å². The van der Waals surface area contributed by atoms with Gasteiger partial charge in [-0.25, -0.2) is 14.8 Å². The predicted octanol–water partition coefficient (Wildman–Crippen LogP) is 8.74. The van der Waals surface area contributed by atoms with E-state index >= 15 is 0 Å². The Morgan fingerprint density at radius 1 is 1.00 bits per heavy atom. The number of aromatic nitrogens is 2. The number of nitrogens with one attached hydrogen (secondary N) is 1. The Bertz CT molecular complexity index is 1300. The molecule has 0 unspecified atom stereocenters. The molecule has 0 aliphatic heterocycles. The highest BCUT2D eigenvalue weighted by molar-refractivity contribution is 7.16. The number of hydrogen-bond acceptors (Lipinski definition) is 9. The summed E-state index contributed by atoms with van der Waals surface area (Å²) in [6, 6.07) is 13.7. The van der Waals surface area contributed by atoms with E-state index in [-0.39, 0.29) is 0 Å². The van der Waals surface area contributed by atoms with Gasteiger partial charge in [0.2, 0.25) is 0 Å². The van der Waals surface area contributed by atoms with Crippen LogP contribution in [0.3, 0.4) is 0 Å². The van der Waals surface area contributed by atoms with E-state index in [9.17, 15) is 4.79 Å². The smallest absolute Gasteiger partial charge is 0.341 e. The number of rotatable bonds is 11. The zero-order valence-corrected chi connectivity index (χ0v) is 26.4. The number of nitrogens with zero attached hydrogens (tertiary/aromatic N) is 2. The van der Waals surface area contributed by atoms with Crippen molar-refractivity contribution in [2.24, 2.45) is 5.92 Å². The summed E-state index contributed by atoms with van der Waals surface area (Å²) >= 11 is 3.15. The van der Waals surface area contributed by atoms with Crippen LogP contribution in [0.4, 0.5) is 10.9 Å². The van der Waals surface area contributed by atoms with Gasteiger partial charge in [0.05, 0.1) is 19.4 Å². The minimum atomic E-state index is -0.455. The highest BCUT2D eigenvalue weighted by Gasteiger charge is 2.20. The van der Waals surface area contributed by atoms with Crippen LogP contribution in [0.15, 0.2) is 54.0 Å². The fraction of sp³-hybridized carbons (Fsp3) is 0.387. The molecule has 40 heavy (non-hydrogen) atoms. The van der Waals surface area contributed by atoms with Crippen LogP contribution in [-0.2, 0) is 15.9 Å². The molecule has 4 rings (SSSR count). The van der Waals surface area contributed by atoms with Crippen molar-refractivity contribution in [1.29, 1.82) is 0 Å². The second-order valence-electron chi connectivity index (χ2n) is 8.47. The minimum Gasteiger partial charge on any atom is -0.491 e. The van der Waals surface area contributed by atoms with E-state index in [4.69, 9.17) is 19.2 Å². The summed E-state index contributed by atoms with van der Waals surface area (Å²) in [6.45, 7) is 13.4. The SMILES string of the molecule is CC.CC.COCCOc1cccc(-c2nc(Nc3ncc(-c4cccs4)cc3C(=O)OC)sc2CC(C)C)c1. The van der Waals surface area contributed by atoms with Crippen LogP contribution in [0.1, 0.15) is 56.8 Å². The van der Waals surface area contributed by atoms with Crippen molar-refractivity contribution in [2.45, 2.75) is 48.0 Å². The molecule has 1 N–H and O–H groups in total. The van der Waals surface area contributed by atoms with Gasteiger partial charge in [-0.15, -0.1) is 22.7 Å². The lowest BCUT2D eigenvalue weighted by molar-refractivity contribution is 0.0601. The maximum Gasteiger partial charge on any atom is 0.341 e. The molecule has 0 aliphatic rings. The number of esters is 1. The lowest BCUT2D eigenvalue weighted by atomic mass is 10.0. The van der Waals surface area contributed by atoms with Gasteiger partial charge in [0.25, 0.3) is 0 Å². The second kappa shape index (κ2) is 17.4. The van der Waals surface area contributed by atoms with Crippen molar-refractivity contribution < 1.29 is 19.0 Å². The number of methoxy groups -OCH3 is 2. The number of thiophene rings is 1. The quantitative estimate of drug-likeness (QED) is 0.140. The van der Waals surface area contributed by atoms with E-state index in [1.807, 2.05) is 69.5 Å². The summed E-state index contributed by atoms with van der Waals surface area (Å²) in [5.41, 5.74) is 3.09. The van der Waals surface area contributed by atoms with Crippen molar-refractivity contribution in [2.75, 3.05) is 32.8 Å². The summed E-state index contributed by atoms with van der Waals surface area (Å²) in [4.78, 5) is 24.2. The van der Waals surface area contributed by atoms with Crippen LogP contribution < -0.4 is 10.1 Å². The number of carbonyl (C=O) groups is 1. The Labute approximate surface area is 246 Å². The fourth-order valence-corrected chi connectivity index (χ4v) is 5.53. The Kier molecular flexibility index (Phi) is 14.4. The predicted molar refractivity (Wildman–Crippen MR) is 168 cm³/mol. The molecule has 0 amide bonds. The van der Waals surface area contributed by atoms with Crippen LogP contribution in [0.25, 0.3) is 21.7 Å². The minimum absolute atomic E-state index is 0.360. The van der Waals surface area contributed by atoms with E-state index in [0.29, 0.717) is 35.6 Å². The molecular formula is C31H41N3O4S2. The van der Waals surface area contributed by atoms with Gasteiger partial charge >= 0.3 is 5.97 Å². The topological polar surface area (TPSA) is 82.6 Å². The second-order valence-corrected chi connectivity index (χ2v) is 10.5. The van der Waals surface area contributed by atoms with Gasteiger partial charge in [-0.05, 0) is 42.0 Å². The summed E-state index contributed by atoms with van der Waals surface area (Å²) in [5.74, 6) is 1.17. The Hall–Kier alpha value is -3.27. The van der Waals surface area contributed by atoms with E-state index in [0.717, 1.165) is 38.7 Å². The van der Waals surface area contributed by atoms with E-state index in [1.165, 1.54) is 7.11 Å². The van der Waals surface area contributed by atoms with Gasteiger partial charge in [-0.3, -0.25) is 0 Å². The summed E-state index contributed by atoms with van der Waals surface area (Å²) < 4.78 is 15.9. The normalized spacial score (nSPS) is 10.2. The Balaban J connectivity index is 0.00000134. The average molecular weight is 584 g/mol. The first kappa shape index (κ1) is 32.9. The number of hydrogen-bond donors (Lipinski definition) is 1. The van der Waals surface area contributed by atoms with Gasteiger partial charge in [0, 0.05) is 34.2 Å². The Morgan fingerprint density at radius 3 is 2.42 bits per heavy atom. The number of carbonyl (C=O) groups excluding carboxylic acids is 1. The van der Waals surface area contributed by atoms with Gasteiger partial charge in [0.1, 0.15) is 23.7 Å². The highest BCUT2D eigenvalue weighted by atomic mass is 32.1. The van der Waals surface area contributed by atoms with Crippen molar-refractivity contribution in [3.63, 3.8) is 0 Å². The first-order valence-electron chi connectivity index (χ1n) is 13.6. The molecule has 3 aromatic heterocycles. The van der Waals surface area contributed by atoms with Gasteiger partial charge in [0.15, 0.2) is 5.13 Å². The lowest BCUT2D eigenvalue weighted by Crippen LogP contribution is -2.07. The highest BCUT2D eigenvalue weighted by Crippen LogP contribution is 2.36. The number of pyridine rings is 1. The largest absolute Gasteiger partial charge is 0.491 e. The third-order valence-electron chi connectivity index (χ3n) is 5.28. The van der Waals surface area contributed by atoms with Crippen molar-refractivity contribution >= 4 is 39.6 Å². The summed E-state index contributed by atoms with van der Waals surface area (Å²) in [6.07, 6.45) is 2.63. The molecule has 0 atom stereocenters. The van der Waals surface area contributed by atoms with Crippen molar-refractivity contribution in [1.82, 2.24) is 9.97 Å². The molecule has 0 bridgehead atoms. The first-order valence-corrected chi connectivity index (χ1v) is 15.3. The molecule has 0 fully saturated rings. The molecule has 0 radical (unpaired) electrons. The molecule has 9 heteroatoms. The monoisotopic (exact) mass is 583 g/mol. The molecule has 3 heterocycles. The molecule has 0 saturated carbocycles. The molecule has 0 saturated heterocycles. The zero-order chi connectivity index (χ0) is 29.5. The molecule has 0 spiro atoms. The van der Waals surface area contributed by atoms with E-state index in [1.54, 1.807) is 42.0 Å². The maximum atomic E-state index is 12.6. The summed E-state index contributed by atoms with van der Waals surface area (Å²) in [5, 5.41) is 5.92. The number of benzene rings is 1. The number of thiazole rings is 1. The van der Waals surface area contributed by atoms with Gasteiger partial charge in [-0.1, -0.05) is 59.7 Å². The van der Waals surface area contributed by atoms with E-state index in [2.05, 4.69) is 24.1 Å². The molecule has 216 valence electrons. The molecule has 0 aliphatic carbocycles. The Morgan fingerprint density at radius 2 is 1.77 bits per heavy atom. The number of ether oxygens (including phenoxy) is 3. The van der Waals surface area contributed by atoms with E-state index < -0.39 is 5.97 Å². The lowest BCUT2D eigenvalue weighted by Gasteiger charge is -2.09. The number of anilines is 2. The third-order valence-corrected chi connectivity index (χ3v) is 7.19. The first-order chi connectivity index (χ1) is 19.5. The van der Waals surface area contributed by atoms with Crippen molar-refractivity contribution in [3.8, 4) is 27.4 Å². The zero-order valence-electron chi connectivity index (χ0n) is 24.7. The molecule has 7 nitrogen and oxygen atoms in total. The third kappa shape index (κ3) is 9.15. The van der Waals surface area contributed by atoms with Gasteiger partial charge in [-0.2, -0.15) is 0 Å². The van der Waals surface area contributed by atoms with Crippen LogP contribution in [-0.4, -0.2) is 43.4 Å². The van der Waals surface area contributed by atoms with Crippen LogP contribution in [0.5, 0.6) is 5.75 Å². The maximum absolute atomic E-state index is 12.6. The summed E-state index contributed by atoms with van der Waals surface area (Å²) in [7, 11) is 3.02. The van der Waals surface area contributed by atoms with Crippen LogP contribution in [0, 0.1) is 5.92 Å².